The zero-order valence-corrected chi connectivity index (χ0v) is 20.5. The highest BCUT2D eigenvalue weighted by atomic mass is 35.5. The first-order chi connectivity index (χ1) is 16.0. The second-order valence-electron chi connectivity index (χ2n) is 7.45. The van der Waals surface area contributed by atoms with Gasteiger partial charge in [-0.2, -0.15) is 5.10 Å². The maximum atomic E-state index is 13.1. The van der Waals surface area contributed by atoms with Gasteiger partial charge >= 0.3 is 0 Å². The van der Waals surface area contributed by atoms with Gasteiger partial charge in [-0.15, -0.1) is 10.2 Å². The molecule has 1 aliphatic rings. The summed E-state index contributed by atoms with van der Waals surface area (Å²) in [6, 6.07) is 12.9. The van der Waals surface area contributed by atoms with E-state index in [4.69, 9.17) is 29.0 Å². The molecule has 1 atom stereocenters. The Labute approximate surface area is 205 Å². The molecule has 15 heteroatoms. The molecular weight excluding hydrogens is 525 g/mol. The molecule has 0 aliphatic carbocycles. The van der Waals surface area contributed by atoms with Gasteiger partial charge in [-0.3, -0.25) is 4.72 Å². The van der Waals surface area contributed by atoms with Crippen LogP contribution in [0.1, 0.15) is 23.1 Å². The standard InChI is InChI=1S/C19H19Cl2N7O4S2/c20-13-3-1-12(2-4-13)16-9-23-26-19(16)33(29,30)10-17-24-25-18(28(17)22)11-34(31,32)27-15-7-5-14(21)6-8-15/h1-8,16,23,27H,9-11,22H2. The molecule has 2 heterocycles. The summed E-state index contributed by atoms with van der Waals surface area (Å²) in [5, 5.41) is 12.4. The fourth-order valence-electron chi connectivity index (χ4n) is 3.33. The van der Waals surface area contributed by atoms with Crippen LogP contribution >= 0.6 is 23.2 Å². The Balaban J connectivity index is 1.50. The lowest BCUT2D eigenvalue weighted by Gasteiger charge is -2.13. The van der Waals surface area contributed by atoms with Gasteiger partial charge in [0.1, 0.15) is 11.5 Å². The molecule has 11 nitrogen and oxygen atoms in total. The molecule has 1 aromatic heterocycles. The second kappa shape index (κ2) is 9.41. The molecule has 0 bridgehead atoms. The minimum atomic E-state index is -3.95. The van der Waals surface area contributed by atoms with Crippen LogP contribution in [0.15, 0.2) is 53.6 Å². The molecule has 4 N–H and O–H groups in total. The molecule has 1 aliphatic heterocycles. The zero-order valence-electron chi connectivity index (χ0n) is 17.4. The number of hydrogen-bond donors (Lipinski definition) is 3. The summed E-state index contributed by atoms with van der Waals surface area (Å²) in [5.41, 5.74) is 3.74. The molecule has 180 valence electrons. The van der Waals surface area contributed by atoms with E-state index < -0.39 is 37.3 Å². The van der Waals surface area contributed by atoms with Crippen molar-refractivity contribution in [3.8, 4) is 0 Å². The number of sulfonamides is 1. The zero-order chi connectivity index (χ0) is 24.5. The number of nitrogen functional groups attached to an aromatic ring is 1. The minimum absolute atomic E-state index is 0.0728. The highest BCUT2D eigenvalue weighted by molar-refractivity contribution is 8.05. The van der Waals surface area contributed by atoms with Crippen molar-refractivity contribution in [3.05, 3.63) is 75.8 Å². The smallest absolute Gasteiger partial charge is 0.240 e. The summed E-state index contributed by atoms with van der Waals surface area (Å²) in [5.74, 6) is 3.95. The Hall–Kier alpha value is -2.87. The molecule has 4 rings (SSSR count). The van der Waals surface area contributed by atoms with E-state index in [0.29, 0.717) is 22.3 Å². The van der Waals surface area contributed by atoms with Crippen molar-refractivity contribution in [3.63, 3.8) is 0 Å². The molecule has 3 aromatic rings. The van der Waals surface area contributed by atoms with E-state index in [1.54, 1.807) is 24.3 Å². The third kappa shape index (κ3) is 5.43. The lowest BCUT2D eigenvalue weighted by atomic mass is 10.0. The quantitative estimate of drug-likeness (QED) is 0.380. The number of hydrogen-bond acceptors (Lipinski definition) is 9. The van der Waals surface area contributed by atoms with Gasteiger partial charge in [0.2, 0.25) is 19.9 Å². The van der Waals surface area contributed by atoms with Crippen LogP contribution in [-0.4, -0.2) is 43.3 Å². The van der Waals surface area contributed by atoms with Crippen molar-refractivity contribution in [2.45, 2.75) is 17.4 Å². The summed E-state index contributed by atoms with van der Waals surface area (Å²) in [6.07, 6.45) is 0. The number of nitrogens with zero attached hydrogens (tertiary/aromatic N) is 4. The molecule has 0 amide bonds. The number of benzene rings is 2. The van der Waals surface area contributed by atoms with E-state index in [0.717, 1.165) is 10.2 Å². The van der Waals surface area contributed by atoms with Gasteiger partial charge < -0.3 is 11.3 Å². The number of aromatic nitrogens is 3. The fraction of sp³-hybridized carbons (Fsp3) is 0.211. The number of nitrogens with two attached hydrogens (primary N) is 1. The Morgan fingerprint density at radius 3 is 2.12 bits per heavy atom. The highest BCUT2D eigenvalue weighted by Crippen LogP contribution is 2.26. The van der Waals surface area contributed by atoms with Crippen LogP contribution in [0.3, 0.4) is 0 Å². The van der Waals surface area contributed by atoms with Crippen molar-refractivity contribution >= 4 is 53.8 Å². The number of hydrazone groups is 1. The van der Waals surface area contributed by atoms with Crippen LogP contribution in [0, 0.1) is 0 Å². The maximum Gasteiger partial charge on any atom is 0.240 e. The molecule has 0 saturated heterocycles. The van der Waals surface area contributed by atoms with Gasteiger partial charge in [0, 0.05) is 22.3 Å². The Kier molecular flexibility index (Phi) is 6.71. The van der Waals surface area contributed by atoms with Crippen LogP contribution < -0.4 is 16.0 Å². The SMILES string of the molecule is Nn1c(CS(=O)(=O)Nc2ccc(Cl)cc2)nnc1CS(=O)(=O)C1=NNCC1c1ccc(Cl)cc1. The first-order valence-electron chi connectivity index (χ1n) is 9.77. The first kappa shape index (κ1) is 24.3. The third-order valence-corrected chi connectivity index (χ3v) is 8.31. The van der Waals surface area contributed by atoms with Crippen molar-refractivity contribution in [2.75, 3.05) is 17.1 Å². The number of halogens is 2. The van der Waals surface area contributed by atoms with Gasteiger partial charge in [-0.1, -0.05) is 35.3 Å². The van der Waals surface area contributed by atoms with Crippen LogP contribution in [0.4, 0.5) is 5.69 Å². The molecule has 0 radical (unpaired) electrons. The van der Waals surface area contributed by atoms with Gasteiger partial charge in [0.05, 0.1) is 5.92 Å². The monoisotopic (exact) mass is 543 g/mol. The molecule has 1 unspecified atom stereocenters. The Bertz CT molecular complexity index is 1440. The number of sulfone groups is 1. The normalized spacial score (nSPS) is 16.2. The molecule has 2 aromatic carbocycles. The predicted octanol–water partition coefficient (Wildman–Crippen LogP) is 1.86. The topological polar surface area (TPSA) is 161 Å². The van der Waals surface area contributed by atoms with Gasteiger partial charge in [-0.25, -0.2) is 21.5 Å². The van der Waals surface area contributed by atoms with Gasteiger partial charge in [0.15, 0.2) is 16.7 Å². The van der Waals surface area contributed by atoms with E-state index in [1.165, 1.54) is 24.3 Å². The number of nitrogens with one attached hydrogen (secondary N) is 2. The van der Waals surface area contributed by atoms with E-state index in [-0.39, 0.29) is 16.7 Å². The highest BCUT2D eigenvalue weighted by Gasteiger charge is 2.35. The maximum absolute atomic E-state index is 13.1. The largest absolute Gasteiger partial charge is 0.336 e. The van der Waals surface area contributed by atoms with Crippen LogP contribution in [0.25, 0.3) is 0 Å². The van der Waals surface area contributed by atoms with Gasteiger partial charge in [0.25, 0.3) is 0 Å². The lowest BCUT2D eigenvalue weighted by Crippen LogP contribution is -2.27. The third-order valence-electron chi connectivity index (χ3n) is 4.97. The number of rotatable bonds is 7. The first-order valence-corrected chi connectivity index (χ1v) is 13.8. The van der Waals surface area contributed by atoms with Gasteiger partial charge in [-0.05, 0) is 42.0 Å². The molecule has 0 saturated carbocycles. The summed E-state index contributed by atoms with van der Waals surface area (Å²) < 4.78 is 54.4. The average Bonchev–Trinajstić information content (AvgIpc) is 3.39. The van der Waals surface area contributed by atoms with E-state index in [1.807, 2.05) is 0 Å². The predicted molar refractivity (Wildman–Crippen MR) is 130 cm³/mol. The summed E-state index contributed by atoms with van der Waals surface area (Å²) in [7, 11) is -7.86. The van der Waals surface area contributed by atoms with Crippen LogP contribution in [0.2, 0.25) is 10.0 Å². The molecule has 0 fully saturated rings. The average molecular weight is 544 g/mol. The summed E-state index contributed by atoms with van der Waals surface area (Å²) >= 11 is 11.7. The Morgan fingerprint density at radius 1 is 0.941 bits per heavy atom. The van der Waals surface area contributed by atoms with Crippen LogP contribution in [0.5, 0.6) is 0 Å². The molecule has 0 spiro atoms. The lowest BCUT2D eigenvalue weighted by molar-refractivity contribution is 0.598. The van der Waals surface area contributed by atoms with Crippen molar-refractivity contribution in [1.29, 1.82) is 0 Å². The molecule has 34 heavy (non-hydrogen) atoms. The van der Waals surface area contributed by atoms with Crippen molar-refractivity contribution in [1.82, 2.24) is 20.3 Å². The van der Waals surface area contributed by atoms with Crippen molar-refractivity contribution in [2.24, 2.45) is 5.10 Å². The fourth-order valence-corrected chi connectivity index (χ4v) is 6.22. The number of anilines is 1. The van der Waals surface area contributed by atoms with E-state index >= 15 is 0 Å². The summed E-state index contributed by atoms with van der Waals surface area (Å²) in [6.45, 7) is 0.297. The minimum Gasteiger partial charge on any atom is -0.336 e. The Morgan fingerprint density at radius 2 is 1.50 bits per heavy atom. The van der Waals surface area contributed by atoms with Crippen molar-refractivity contribution < 1.29 is 16.8 Å². The van der Waals surface area contributed by atoms with E-state index in [9.17, 15) is 16.8 Å². The second-order valence-corrected chi connectivity index (χ2v) is 12.0. The summed E-state index contributed by atoms with van der Waals surface area (Å²) in [4.78, 5) is 0. The van der Waals surface area contributed by atoms with Crippen LogP contribution in [-0.2, 0) is 31.4 Å². The molecular formula is C19H19Cl2N7O4S2. The van der Waals surface area contributed by atoms with E-state index in [2.05, 4.69) is 25.4 Å².